The standard InChI is InChI=1S/C16H13ClOS/c1-11-5-7-13(8-6-11)18-9-12-10-19-16-14(12)3-2-4-15(16)17/h2-8,10H,9H2,1H3. The van der Waals surface area contributed by atoms with Gasteiger partial charge in [-0.3, -0.25) is 0 Å². The minimum absolute atomic E-state index is 0.573. The summed E-state index contributed by atoms with van der Waals surface area (Å²) in [6, 6.07) is 14.1. The molecule has 0 aliphatic rings. The first kappa shape index (κ1) is 12.5. The van der Waals surface area contributed by atoms with Crippen LogP contribution in [0, 0.1) is 6.92 Å². The molecule has 0 saturated heterocycles. The first-order valence-electron chi connectivity index (χ1n) is 6.08. The summed E-state index contributed by atoms with van der Waals surface area (Å²) in [5.41, 5.74) is 2.42. The zero-order valence-corrected chi connectivity index (χ0v) is 12.1. The number of rotatable bonds is 3. The van der Waals surface area contributed by atoms with Crippen molar-refractivity contribution in [2.24, 2.45) is 0 Å². The van der Waals surface area contributed by atoms with Crippen LogP contribution in [0.2, 0.25) is 5.02 Å². The van der Waals surface area contributed by atoms with E-state index in [9.17, 15) is 0 Å². The van der Waals surface area contributed by atoms with Crippen molar-refractivity contribution < 1.29 is 4.74 Å². The largest absolute Gasteiger partial charge is 0.489 e. The number of benzene rings is 2. The molecular formula is C16H13ClOS. The van der Waals surface area contributed by atoms with E-state index in [-0.39, 0.29) is 0 Å². The lowest BCUT2D eigenvalue weighted by atomic mass is 10.2. The fourth-order valence-electron chi connectivity index (χ4n) is 1.98. The molecule has 0 aliphatic carbocycles. The average Bonchev–Trinajstić information content (AvgIpc) is 2.83. The molecule has 1 nitrogen and oxygen atoms in total. The van der Waals surface area contributed by atoms with E-state index in [1.165, 1.54) is 16.5 Å². The molecule has 0 unspecified atom stereocenters. The van der Waals surface area contributed by atoms with Gasteiger partial charge in [-0.2, -0.15) is 0 Å². The zero-order valence-electron chi connectivity index (χ0n) is 10.5. The maximum absolute atomic E-state index is 6.17. The van der Waals surface area contributed by atoms with E-state index in [1.54, 1.807) is 11.3 Å². The van der Waals surface area contributed by atoms with Gasteiger partial charge in [0.25, 0.3) is 0 Å². The van der Waals surface area contributed by atoms with E-state index in [4.69, 9.17) is 16.3 Å². The van der Waals surface area contributed by atoms with Crippen LogP contribution < -0.4 is 4.74 Å². The first-order chi connectivity index (χ1) is 9.24. The summed E-state index contributed by atoms with van der Waals surface area (Å²) in [6.45, 7) is 2.64. The maximum atomic E-state index is 6.17. The predicted octanol–water partition coefficient (Wildman–Crippen LogP) is 5.44. The quantitative estimate of drug-likeness (QED) is 0.623. The van der Waals surface area contributed by atoms with E-state index >= 15 is 0 Å². The van der Waals surface area contributed by atoms with Gasteiger partial charge in [0, 0.05) is 10.9 Å². The number of aryl methyl sites for hydroxylation is 1. The Morgan fingerprint density at radius 1 is 1.11 bits per heavy atom. The molecule has 0 radical (unpaired) electrons. The highest BCUT2D eigenvalue weighted by Crippen LogP contribution is 2.32. The molecule has 1 heterocycles. The molecule has 1 aromatic heterocycles. The molecule has 0 N–H and O–H groups in total. The van der Waals surface area contributed by atoms with Crippen LogP contribution in [0.5, 0.6) is 5.75 Å². The molecule has 3 heteroatoms. The average molecular weight is 289 g/mol. The Labute approximate surface area is 121 Å². The van der Waals surface area contributed by atoms with Crippen LogP contribution in [0.15, 0.2) is 47.8 Å². The van der Waals surface area contributed by atoms with Crippen molar-refractivity contribution in [3.8, 4) is 5.75 Å². The number of halogens is 1. The topological polar surface area (TPSA) is 9.23 Å². The second-order valence-electron chi connectivity index (χ2n) is 4.48. The molecule has 96 valence electrons. The van der Waals surface area contributed by atoms with Crippen LogP contribution >= 0.6 is 22.9 Å². The fourth-order valence-corrected chi connectivity index (χ4v) is 3.25. The van der Waals surface area contributed by atoms with Gasteiger partial charge in [-0.15, -0.1) is 11.3 Å². The third-order valence-corrected chi connectivity index (χ3v) is 4.55. The first-order valence-corrected chi connectivity index (χ1v) is 7.34. The van der Waals surface area contributed by atoms with E-state index in [0.717, 1.165) is 15.5 Å². The molecule has 0 spiro atoms. The van der Waals surface area contributed by atoms with E-state index in [1.807, 2.05) is 24.3 Å². The molecule has 0 aliphatic heterocycles. The molecule has 0 fully saturated rings. The van der Waals surface area contributed by atoms with E-state index in [0.29, 0.717) is 6.61 Å². The number of fused-ring (bicyclic) bond motifs is 1. The lowest BCUT2D eigenvalue weighted by Crippen LogP contribution is -1.94. The normalized spacial score (nSPS) is 10.8. The Morgan fingerprint density at radius 2 is 1.89 bits per heavy atom. The van der Waals surface area contributed by atoms with Crippen LogP contribution in [0.4, 0.5) is 0 Å². The van der Waals surface area contributed by atoms with Gasteiger partial charge in [0.2, 0.25) is 0 Å². The minimum Gasteiger partial charge on any atom is -0.489 e. The SMILES string of the molecule is Cc1ccc(OCc2csc3c(Cl)cccc23)cc1. The molecule has 0 amide bonds. The molecule has 19 heavy (non-hydrogen) atoms. The highest BCUT2D eigenvalue weighted by atomic mass is 35.5. The molecule has 3 aromatic rings. The van der Waals surface area contributed by atoms with Crippen LogP contribution in [0.25, 0.3) is 10.1 Å². The van der Waals surface area contributed by atoms with Crippen molar-refractivity contribution in [2.45, 2.75) is 13.5 Å². The number of ether oxygens (including phenoxy) is 1. The van der Waals surface area contributed by atoms with Crippen molar-refractivity contribution in [3.63, 3.8) is 0 Å². The van der Waals surface area contributed by atoms with Crippen LogP contribution in [-0.2, 0) is 6.61 Å². The maximum Gasteiger partial charge on any atom is 0.119 e. The molecule has 0 bridgehead atoms. The summed E-state index contributed by atoms with van der Waals surface area (Å²) in [5.74, 6) is 0.895. The molecule has 0 atom stereocenters. The highest BCUT2D eigenvalue weighted by Gasteiger charge is 2.07. The van der Waals surface area contributed by atoms with Gasteiger partial charge >= 0.3 is 0 Å². The van der Waals surface area contributed by atoms with Gasteiger partial charge in [0.05, 0.1) is 9.72 Å². The smallest absolute Gasteiger partial charge is 0.119 e. The molecular weight excluding hydrogens is 276 g/mol. The zero-order chi connectivity index (χ0) is 13.2. The van der Waals surface area contributed by atoms with Gasteiger partial charge in [-0.05, 0) is 30.5 Å². The summed E-state index contributed by atoms with van der Waals surface area (Å²) in [6.07, 6.45) is 0. The van der Waals surface area contributed by atoms with Crippen molar-refractivity contribution in [1.82, 2.24) is 0 Å². The Morgan fingerprint density at radius 3 is 2.68 bits per heavy atom. The predicted molar refractivity (Wildman–Crippen MR) is 82.3 cm³/mol. The fraction of sp³-hybridized carbons (Fsp3) is 0.125. The van der Waals surface area contributed by atoms with E-state index in [2.05, 4.69) is 30.5 Å². The number of thiophene rings is 1. The van der Waals surface area contributed by atoms with Crippen LogP contribution in [0.1, 0.15) is 11.1 Å². The second kappa shape index (κ2) is 5.24. The van der Waals surface area contributed by atoms with Gasteiger partial charge < -0.3 is 4.74 Å². The lowest BCUT2D eigenvalue weighted by Gasteiger charge is -2.05. The van der Waals surface area contributed by atoms with E-state index < -0.39 is 0 Å². The Kier molecular flexibility index (Phi) is 3.45. The second-order valence-corrected chi connectivity index (χ2v) is 5.77. The summed E-state index contributed by atoms with van der Waals surface area (Å²) in [4.78, 5) is 0. The Bertz CT molecular complexity index is 700. The third-order valence-electron chi connectivity index (χ3n) is 3.05. The Balaban J connectivity index is 1.82. The Hall–Kier alpha value is -1.51. The van der Waals surface area contributed by atoms with Gasteiger partial charge in [0.1, 0.15) is 12.4 Å². The molecule has 3 rings (SSSR count). The number of hydrogen-bond donors (Lipinski definition) is 0. The van der Waals surface area contributed by atoms with Crippen LogP contribution in [0.3, 0.4) is 0 Å². The minimum atomic E-state index is 0.573. The molecule has 0 saturated carbocycles. The van der Waals surface area contributed by atoms with Crippen molar-refractivity contribution >= 4 is 33.0 Å². The monoisotopic (exact) mass is 288 g/mol. The lowest BCUT2D eigenvalue weighted by molar-refractivity contribution is 0.308. The summed E-state index contributed by atoms with van der Waals surface area (Å²) < 4.78 is 6.95. The van der Waals surface area contributed by atoms with Gasteiger partial charge in [0.15, 0.2) is 0 Å². The summed E-state index contributed by atoms with van der Waals surface area (Å²) >= 11 is 7.84. The van der Waals surface area contributed by atoms with Crippen LogP contribution in [-0.4, -0.2) is 0 Å². The van der Waals surface area contributed by atoms with Crippen molar-refractivity contribution in [1.29, 1.82) is 0 Å². The van der Waals surface area contributed by atoms with Crippen molar-refractivity contribution in [3.05, 3.63) is 64.0 Å². The summed E-state index contributed by atoms with van der Waals surface area (Å²) in [5, 5.41) is 4.11. The third kappa shape index (κ3) is 2.60. The molecule has 2 aromatic carbocycles. The van der Waals surface area contributed by atoms with Gasteiger partial charge in [-0.25, -0.2) is 0 Å². The number of hydrogen-bond acceptors (Lipinski definition) is 2. The highest BCUT2D eigenvalue weighted by molar-refractivity contribution is 7.18. The summed E-state index contributed by atoms with van der Waals surface area (Å²) in [7, 11) is 0. The van der Waals surface area contributed by atoms with Gasteiger partial charge in [-0.1, -0.05) is 41.4 Å². The van der Waals surface area contributed by atoms with Crippen molar-refractivity contribution in [2.75, 3.05) is 0 Å².